The molecule has 2 N–H and O–H groups in total. The normalized spacial score (nSPS) is 18.4. The fourth-order valence-corrected chi connectivity index (χ4v) is 5.52. The van der Waals surface area contributed by atoms with E-state index in [0.717, 1.165) is 26.4 Å². The Kier molecular flexibility index (Phi) is 6.41. The van der Waals surface area contributed by atoms with Gasteiger partial charge in [0.05, 0.1) is 21.6 Å². The monoisotopic (exact) mass is 514 g/mol. The van der Waals surface area contributed by atoms with E-state index in [2.05, 4.69) is 54.6 Å². The van der Waals surface area contributed by atoms with E-state index >= 15 is 0 Å². The number of anilines is 2. The molecule has 2 aromatic heterocycles. The lowest BCUT2D eigenvalue weighted by molar-refractivity contribution is -0.118. The summed E-state index contributed by atoms with van der Waals surface area (Å²) in [7, 11) is 0. The minimum atomic E-state index is -0.0739. The van der Waals surface area contributed by atoms with Gasteiger partial charge < -0.3 is 15.5 Å². The molecule has 0 saturated carbocycles. The number of thiophene rings is 1. The van der Waals surface area contributed by atoms with Crippen LogP contribution in [0.2, 0.25) is 0 Å². The Morgan fingerprint density at radius 3 is 2.68 bits per heavy atom. The predicted molar refractivity (Wildman–Crippen MR) is 135 cm³/mol. The molecule has 0 aliphatic carbocycles. The molecule has 1 aromatic carbocycles. The van der Waals surface area contributed by atoms with Gasteiger partial charge in [-0.1, -0.05) is 19.9 Å². The number of pyridine rings is 1. The molecular formula is C23H23BrN4OS2. The highest BCUT2D eigenvalue weighted by molar-refractivity contribution is 9.11. The minimum absolute atomic E-state index is 0.00531. The van der Waals surface area contributed by atoms with Crippen LogP contribution in [0.4, 0.5) is 11.4 Å². The maximum atomic E-state index is 12.1. The molecule has 4 rings (SSSR count). The Balaban J connectivity index is 1.73. The molecule has 0 unspecified atom stereocenters. The number of carbonyl (C=O) groups is 1. The number of hydrogen-bond acceptors (Lipinski definition) is 4. The number of aryl methyl sites for hydroxylation is 1. The Bertz CT molecular complexity index is 1120. The number of halogens is 1. The summed E-state index contributed by atoms with van der Waals surface area (Å²) in [5, 5.41) is 7.13. The second-order valence-electron chi connectivity index (χ2n) is 7.78. The Hall–Kier alpha value is -2.29. The van der Waals surface area contributed by atoms with Gasteiger partial charge in [0.25, 0.3) is 0 Å². The number of nitrogens with one attached hydrogen (secondary N) is 2. The van der Waals surface area contributed by atoms with Gasteiger partial charge in [0, 0.05) is 28.4 Å². The lowest BCUT2D eigenvalue weighted by atomic mass is 10.0. The Morgan fingerprint density at radius 1 is 1.26 bits per heavy atom. The van der Waals surface area contributed by atoms with Crippen LogP contribution in [0.3, 0.4) is 0 Å². The van der Waals surface area contributed by atoms with Crippen molar-refractivity contribution < 1.29 is 4.79 Å². The molecule has 1 saturated heterocycles. The molecule has 1 aliphatic rings. The van der Waals surface area contributed by atoms with Gasteiger partial charge in [-0.05, 0) is 83.1 Å². The van der Waals surface area contributed by atoms with E-state index in [-0.39, 0.29) is 23.9 Å². The molecule has 8 heteroatoms. The molecule has 1 aliphatic heterocycles. The number of benzene rings is 1. The van der Waals surface area contributed by atoms with E-state index in [4.69, 9.17) is 12.2 Å². The SMILES string of the molecule is Cc1cc(N2C(=S)N[C@H](c3ccccn3)[C@H]2c2ccc(Br)s2)ccc1NC(=O)C(C)C. The first-order valence-electron chi connectivity index (χ1n) is 10.0. The highest BCUT2D eigenvalue weighted by atomic mass is 79.9. The Labute approximate surface area is 200 Å². The summed E-state index contributed by atoms with van der Waals surface area (Å²) in [5.74, 6) is -0.0686. The lowest BCUT2D eigenvalue weighted by Crippen LogP contribution is -2.29. The van der Waals surface area contributed by atoms with Crippen molar-refractivity contribution in [3.63, 3.8) is 0 Å². The van der Waals surface area contributed by atoms with Gasteiger partial charge in [-0.25, -0.2) is 0 Å². The van der Waals surface area contributed by atoms with Gasteiger partial charge in [0.2, 0.25) is 5.91 Å². The van der Waals surface area contributed by atoms with Crippen molar-refractivity contribution in [1.82, 2.24) is 10.3 Å². The van der Waals surface area contributed by atoms with Crippen molar-refractivity contribution in [1.29, 1.82) is 0 Å². The summed E-state index contributed by atoms with van der Waals surface area (Å²) < 4.78 is 1.07. The molecule has 160 valence electrons. The second-order valence-corrected chi connectivity index (χ2v) is 10.7. The van der Waals surface area contributed by atoms with Gasteiger partial charge in [-0.3, -0.25) is 9.78 Å². The van der Waals surface area contributed by atoms with Crippen molar-refractivity contribution in [2.75, 3.05) is 10.2 Å². The van der Waals surface area contributed by atoms with Crippen LogP contribution < -0.4 is 15.5 Å². The average Bonchev–Trinajstić information content (AvgIpc) is 3.32. The van der Waals surface area contributed by atoms with Crippen molar-refractivity contribution in [2.45, 2.75) is 32.9 Å². The van der Waals surface area contributed by atoms with Crippen molar-refractivity contribution >= 4 is 61.9 Å². The molecule has 3 aromatic rings. The van der Waals surface area contributed by atoms with Gasteiger partial charge in [-0.15, -0.1) is 11.3 Å². The highest BCUT2D eigenvalue weighted by Gasteiger charge is 2.41. The number of rotatable bonds is 5. The number of nitrogens with zero attached hydrogens (tertiary/aromatic N) is 2. The molecule has 2 atom stereocenters. The third-order valence-corrected chi connectivity index (χ3v) is 7.26. The minimum Gasteiger partial charge on any atom is -0.351 e. The first-order valence-corrected chi connectivity index (χ1v) is 12.0. The number of aromatic nitrogens is 1. The molecule has 0 spiro atoms. The zero-order chi connectivity index (χ0) is 22.1. The van der Waals surface area contributed by atoms with Gasteiger partial charge in [0.1, 0.15) is 0 Å². The summed E-state index contributed by atoms with van der Waals surface area (Å²) in [6.07, 6.45) is 1.81. The summed E-state index contributed by atoms with van der Waals surface area (Å²) in [6.45, 7) is 5.77. The highest BCUT2D eigenvalue weighted by Crippen LogP contribution is 2.44. The van der Waals surface area contributed by atoms with E-state index in [1.54, 1.807) is 17.5 Å². The largest absolute Gasteiger partial charge is 0.351 e. The summed E-state index contributed by atoms with van der Waals surface area (Å²) in [5.41, 5.74) is 3.73. The van der Waals surface area contributed by atoms with E-state index < -0.39 is 0 Å². The first-order chi connectivity index (χ1) is 14.8. The second kappa shape index (κ2) is 9.06. The van der Waals surface area contributed by atoms with Gasteiger partial charge in [-0.2, -0.15) is 0 Å². The van der Waals surface area contributed by atoms with Crippen LogP contribution >= 0.6 is 39.5 Å². The molecule has 5 nitrogen and oxygen atoms in total. The quantitative estimate of drug-likeness (QED) is 0.409. The number of hydrogen-bond donors (Lipinski definition) is 2. The van der Waals surface area contributed by atoms with Crippen LogP contribution in [0.15, 0.2) is 58.5 Å². The Morgan fingerprint density at radius 2 is 2.06 bits per heavy atom. The van der Waals surface area contributed by atoms with Crippen LogP contribution in [0.25, 0.3) is 0 Å². The third-order valence-electron chi connectivity index (χ3n) is 5.25. The van der Waals surface area contributed by atoms with E-state index in [1.165, 1.54) is 4.88 Å². The first kappa shape index (κ1) is 21.9. The maximum absolute atomic E-state index is 12.1. The number of amides is 1. The number of carbonyl (C=O) groups excluding carboxylic acids is 1. The maximum Gasteiger partial charge on any atom is 0.226 e. The van der Waals surface area contributed by atoms with Gasteiger partial charge >= 0.3 is 0 Å². The van der Waals surface area contributed by atoms with Crippen molar-refractivity contribution in [2.24, 2.45) is 5.92 Å². The molecule has 3 heterocycles. The van der Waals surface area contributed by atoms with Crippen molar-refractivity contribution in [3.8, 4) is 0 Å². The zero-order valence-corrected chi connectivity index (χ0v) is 20.6. The molecule has 0 radical (unpaired) electrons. The molecule has 31 heavy (non-hydrogen) atoms. The van der Waals surface area contributed by atoms with E-state index in [1.807, 2.05) is 51.1 Å². The summed E-state index contributed by atoms with van der Waals surface area (Å²) in [4.78, 5) is 20.0. The van der Waals surface area contributed by atoms with E-state index in [9.17, 15) is 4.79 Å². The zero-order valence-electron chi connectivity index (χ0n) is 17.4. The topological polar surface area (TPSA) is 57.3 Å². The average molecular weight is 516 g/mol. The molecule has 0 bridgehead atoms. The standard InChI is InChI=1S/C23H23BrN4OS2/c1-13(2)22(29)26-16-8-7-15(12-14(16)3)28-21(18-9-10-19(24)31-18)20(27-23(28)30)17-6-4-5-11-25-17/h4-13,20-21H,1-3H3,(H,26,29)(H,27,30)/t20-,21-/m1/s1. The fourth-order valence-electron chi connectivity index (χ4n) is 3.62. The summed E-state index contributed by atoms with van der Waals surface area (Å²) in [6, 6.07) is 16.0. The third kappa shape index (κ3) is 4.51. The molecule has 1 fully saturated rings. The van der Waals surface area contributed by atoms with Gasteiger partial charge in [0.15, 0.2) is 5.11 Å². The molecular weight excluding hydrogens is 492 g/mol. The number of thiocarbonyl (C=S) groups is 1. The van der Waals surface area contributed by atoms with E-state index in [0.29, 0.717) is 5.11 Å². The van der Waals surface area contributed by atoms with Crippen LogP contribution in [-0.4, -0.2) is 16.0 Å². The van der Waals surface area contributed by atoms with Crippen LogP contribution in [0, 0.1) is 12.8 Å². The fraction of sp³-hybridized carbons (Fsp3) is 0.261. The smallest absolute Gasteiger partial charge is 0.226 e. The van der Waals surface area contributed by atoms with Crippen LogP contribution in [0.1, 0.15) is 42.1 Å². The van der Waals surface area contributed by atoms with Crippen LogP contribution in [0.5, 0.6) is 0 Å². The lowest BCUT2D eigenvalue weighted by Gasteiger charge is -2.27. The summed E-state index contributed by atoms with van der Waals surface area (Å²) >= 11 is 11.1. The van der Waals surface area contributed by atoms with Crippen LogP contribution in [-0.2, 0) is 4.79 Å². The predicted octanol–water partition coefficient (Wildman–Crippen LogP) is 5.99. The van der Waals surface area contributed by atoms with Crippen molar-refractivity contribution in [3.05, 3.63) is 74.6 Å². The molecule has 1 amide bonds.